The minimum absolute atomic E-state index is 0.0446. The zero-order valence-corrected chi connectivity index (χ0v) is 9.48. The van der Waals surface area contributed by atoms with Gasteiger partial charge in [-0.1, -0.05) is 6.92 Å². The summed E-state index contributed by atoms with van der Waals surface area (Å²) in [4.78, 5) is 24.7. The van der Waals surface area contributed by atoms with E-state index < -0.39 is 6.10 Å². The van der Waals surface area contributed by atoms with Crippen LogP contribution in [-0.4, -0.2) is 47.1 Å². The quantitative estimate of drug-likeness (QED) is 0.633. The molecule has 2 saturated heterocycles. The van der Waals surface area contributed by atoms with Crippen molar-refractivity contribution in [1.82, 2.24) is 10.2 Å². The van der Waals surface area contributed by atoms with Gasteiger partial charge in [0.25, 0.3) is 0 Å². The van der Waals surface area contributed by atoms with Gasteiger partial charge < -0.3 is 15.3 Å². The van der Waals surface area contributed by atoms with Crippen molar-refractivity contribution in [2.75, 3.05) is 13.1 Å². The van der Waals surface area contributed by atoms with Gasteiger partial charge in [-0.3, -0.25) is 9.59 Å². The monoisotopic (exact) mass is 226 g/mol. The Morgan fingerprint density at radius 1 is 1.50 bits per heavy atom. The molecule has 0 aliphatic carbocycles. The minimum atomic E-state index is -0.435. The predicted octanol–water partition coefficient (Wildman–Crippen LogP) is -0.506. The number of amides is 2. The van der Waals surface area contributed by atoms with Crippen LogP contribution >= 0.6 is 0 Å². The molecule has 2 unspecified atom stereocenters. The maximum atomic E-state index is 12.0. The maximum Gasteiger partial charge on any atom is 0.245 e. The summed E-state index contributed by atoms with van der Waals surface area (Å²) in [7, 11) is 0. The second-order valence-electron chi connectivity index (χ2n) is 4.78. The van der Waals surface area contributed by atoms with E-state index >= 15 is 0 Å². The Bertz CT molecular complexity index is 306. The van der Waals surface area contributed by atoms with Gasteiger partial charge in [0.2, 0.25) is 11.8 Å². The summed E-state index contributed by atoms with van der Waals surface area (Å²) in [6, 6.07) is -0.367. The first kappa shape index (κ1) is 11.4. The van der Waals surface area contributed by atoms with Gasteiger partial charge in [-0.25, -0.2) is 0 Å². The molecule has 2 aliphatic rings. The van der Waals surface area contributed by atoms with E-state index in [-0.39, 0.29) is 23.8 Å². The van der Waals surface area contributed by atoms with Crippen LogP contribution in [0, 0.1) is 5.92 Å². The number of hydrogen-bond donors (Lipinski definition) is 2. The highest BCUT2D eigenvalue weighted by molar-refractivity contribution is 5.90. The second kappa shape index (κ2) is 4.41. The van der Waals surface area contributed by atoms with E-state index in [9.17, 15) is 14.7 Å². The van der Waals surface area contributed by atoms with Crippen LogP contribution in [0.5, 0.6) is 0 Å². The fourth-order valence-electron chi connectivity index (χ4n) is 2.27. The lowest BCUT2D eigenvalue weighted by Crippen LogP contribution is -2.51. The molecule has 2 heterocycles. The lowest BCUT2D eigenvalue weighted by atomic mass is 9.95. The standard InChI is InChI=1S/C11H18N2O3/c1-7-4-5-13(6-9(7)14)11(16)8-2-3-10(15)12-8/h7-9,14H,2-6H2,1H3,(H,12,15)/t7?,8-,9?/m1/s1. The minimum Gasteiger partial charge on any atom is -0.391 e. The van der Waals surface area contributed by atoms with Crippen LogP contribution in [-0.2, 0) is 9.59 Å². The summed E-state index contributed by atoms with van der Waals surface area (Å²) in [5.74, 6) is 0.156. The number of nitrogens with zero attached hydrogens (tertiary/aromatic N) is 1. The van der Waals surface area contributed by atoms with Crippen LogP contribution in [0.2, 0.25) is 0 Å². The van der Waals surface area contributed by atoms with E-state index in [1.165, 1.54) is 0 Å². The summed E-state index contributed by atoms with van der Waals surface area (Å²) >= 11 is 0. The highest BCUT2D eigenvalue weighted by atomic mass is 16.3. The molecule has 90 valence electrons. The Morgan fingerprint density at radius 2 is 2.25 bits per heavy atom. The first-order valence-corrected chi connectivity index (χ1v) is 5.84. The summed E-state index contributed by atoms with van der Waals surface area (Å²) in [6.45, 7) is 3.07. The molecule has 0 bridgehead atoms. The highest BCUT2D eigenvalue weighted by Gasteiger charge is 2.34. The maximum absolute atomic E-state index is 12.0. The van der Waals surface area contributed by atoms with Crippen molar-refractivity contribution >= 4 is 11.8 Å². The summed E-state index contributed by atoms with van der Waals surface area (Å²) in [6.07, 6.45) is 1.41. The van der Waals surface area contributed by atoms with Crippen LogP contribution in [0.4, 0.5) is 0 Å². The number of piperidine rings is 1. The van der Waals surface area contributed by atoms with E-state index in [0.29, 0.717) is 25.9 Å². The molecule has 0 aromatic carbocycles. The average Bonchev–Trinajstić information content (AvgIpc) is 2.68. The molecule has 3 atom stereocenters. The smallest absolute Gasteiger partial charge is 0.245 e. The van der Waals surface area contributed by atoms with Crippen LogP contribution in [0.3, 0.4) is 0 Å². The summed E-state index contributed by atoms with van der Waals surface area (Å²) < 4.78 is 0. The predicted molar refractivity (Wildman–Crippen MR) is 57.5 cm³/mol. The molecule has 0 aromatic rings. The summed E-state index contributed by atoms with van der Waals surface area (Å²) in [5.41, 5.74) is 0. The lowest BCUT2D eigenvalue weighted by molar-refractivity contribution is -0.138. The summed E-state index contributed by atoms with van der Waals surface area (Å²) in [5, 5.41) is 12.4. The Morgan fingerprint density at radius 3 is 2.81 bits per heavy atom. The topological polar surface area (TPSA) is 69.6 Å². The molecule has 0 radical (unpaired) electrons. The van der Waals surface area contributed by atoms with Crippen molar-refractivity contribution < 1.29 is 14.7 Å². The molecule has 0 spiro atoms. The number of likely N-dealkylation sites (tertiary alicyclic amines) is 1. The molecule has 2 amide bonds. The second-order valence-corrected chi connectivity index (χ2v) is 4.78. The number of aliphatic hydroxyl groups excluding tert-OH is 1. The van der Waals surface area contributed by atoms with E-state index in [2.05, 4.69) is 5.32 Å². The van der Waals surface area contributed by atoms with Gasteiger partial charge in [0.1, 0.15) is 6.04 Å². The zero-order valence-electron chi connectivity index (χ0n) is 9.48. The van der Waals surface area contributed by atoms with Gasteiger partial charge in [0.15, 0.2) is 0 Å². The van der Waals surface area contributed by atoms with Crippen molar-refractivity contribution in [3.8, 4) is 0 Å². The molecule has 5 heteroatoms. The fourth-order valence-corrected chi connectivity index (χ4v) is 2.27. The van der Waals surface area contributed by atoms with Crippen molar-refractivity contribution in [3.63, 3.8) is 0 Å². The van der Waals surface area contributed by atoms with Gasteiger partial charge in [-0.15, -0.1) is 0 Å². The molecule has 2 fully saturated rings. The molecular formula is C11H18N2O3. The van der Waals surface area contributed by atoms with Crippen LogP contribution in [0.15, 0.2) is 0 Å². The largest absolute Gasteiger partial charge is 0.391 e. The molecule has 2 rings (SSSR count). The molecule has 2 N–H and O–H groups in total. The number of hydrogen-bond acceptors (Lipinski definition) is 3. The molecule has 16 heavy (non-hydrogen) atoms. The average molecular weight is 226 g/mol. The van der Waals surface area contributed by atoms with E-state index in [4.69, 9.17) is 0 Å². The first-order valence-electron chi connectivity index (χ1n) is 5.84. The van der Waals surface area contributed by atoms with E-state index in [0.717, 1.165) is 6.42 Å². The zero-order chi connectivity index (χ0) is 11.7. The van der Waals surface area contributed by atoms with Gasteiger partial charge >= 0.3 is 0 Å². The fraction of sp³-hybridized carbons (Fsp3) is 0.818. The normalized spacial score (nSPS) is 35.0. The molecule has 0 aromatic heterocycles. The van der Waals surface area contributed by atoms with E-state index in [1.54, 1.807) is 4.90 Å². The molecular weight excluding hydrogens is 208 g/mol. The number of carbonyl (C=O) groups excluding carboxylic acids is 2. The van der Waals surface area contributed by atoms with Crippen molar-refractivity contribution in [1.29, 1.82) is 0 Å². The number of β-amino-alcohol motifs (C(OH)–C–C–N with tert-alkyl or cyclic N) is 1. The van der Waals surface area contributed by atoms with Crippen molar-refractivity contribution in [2.24, 2.45) is 5.92 Å². The van der Waals surface area contributed by atoms with Crippen LogP contribution < -0.4 is 5.32 Å². The number of rotatable bonds is 1. The van der Waals surface area contributed by atoms with Gasteiger partial charge in [-0.2, -0.15) is 0 Å². The SMILES string of the molecule is CC1CCN(C(=O)[C@H]2CCC(=O)N2)CC1O. The van der Waals surface area contributed by atoms with Crippen LogP contribution in [0.1, 0.15) is 26.2 Å². The van der Waals surface area contributed by atoms with Gasteiger partial charge in [0.05, 0.1) is 6.10 Å². The first-order chi connectivity index (χ1) is 7.58. The Kier molecular flexibility index (Phi) is 3.14. The van der Waals surface area contributed by atoms with Crippen molar-refractivity contribution in [3.05, 3.63) is 0 Å². The van der Waals surface area contributed by atoms with Gasteiger partial charge in [0, 0.05) is 19.5 Å². The third-order valence-corrected chi connectivity index (χ3v) is 3.52. The number of nitrogens with one attached hydrogen (secondary N) is 1. The lowest BCUT2D eigenvalue weighted by Gasteiger charge is -2.35. The molecule has 0 saturated carbocycles. The molecule has 2 aliphatic heterocycles. The third kappa shape index (κ3) is 2.19. The Balaban J connectivity index is 1.92. The van der Waals surface area contributed by atoms with Crippen LogP contribution in [0.25, 0.3) is 0 Å². The third-order valence-electron chi connectivity index (χ3n) is 3.52. The van der Waals surface area contributed by atoms with Crippen molar-refractivity contribution in [2.45, 2.75) is 38.3 Å². The number of carbonyl (C=O) groups is 2. The van der Waals surface area contributed by atoms with E-state index in [1.807, 2.05) is 6.92 Å². The Labute approximate surface area is 94.8 Å². The highest BCUT2D eigenvalue weighted by Crippen LogP contribution is 2.19. The number of aliphatic hydroxyl groups is 1. The molecule has 5 nitrogen and oxygen atoms in total. The van der Waals surface area contributed by atoms with Gasteiger partial charge in [-0.05, 0) is 18.8 Å². The Hall–Kier alpha value is -1.10.